The van der Waals surface area contributed by atoms with E-state index in [0.29, 0.717) is 37.6 Å². The summed E-state index contributed by atoms with van der Waals surface area (Å²) in [5.41, 5.74) is 2.57. The number of benzene rings is 2. The molecule has 1 amide bonds. The van der Waals surface area contributed by atoms with Gasteiger partial charge in [0.25, 0.3) is 0 Å². The highest BCUT2D eigenvalue weighted by atomic mass is 19.1. The standard InChI is InChI=1S/C35H48FNO6/c1-35-21-28(36)34-26-10-9-25(38)20-24(26)19-23(33(34)27(35)11-13-31(35)39)7-5-6-14-37(15-16-41-2)32(40)18-22-8-12-29(42-3)30(17-22)43-4/h8-10,12,17,20,23,27-28,31,33-34,38-39H,5-7,11,13-16,18-19,21H2,1-4H3/t23-,27+,28+,31+,33+,34+,35+/m1/s1. The quantitative estimate of drug-likeness (QED) is 0.306. The minimum Gasteiger partial charge on any atom is -0.508 e. The van der Waals surface area contributed by atoms with Crippen LogP contribution in [0.25, 0.3) is 0 Å². The van der Waals surface area contributed by atoms with Crippen molar-refractivity contribution in [1.82, 2.24) is 4.90 Å². The number of hydrogen-bond donors (Lipinski definition) is 2. The molecule has 2 N–H and O–H groups in total. The van der Waals surface area contributed by atoms with Crippen LogP contribution < -0.4 is 9.47 Å². The van der Waals surface area contributed by atoms with Crippen molar-refractivity contribution in [2.24, 2.45) is 23.2 Å². The Bertz CT molecular complexity index is 1270. The fourth-order valence-corrected chi connectivity index (χ4v) is 8.58. The Morgan fingerprint density at radius 2 is 1.84 bits per heavy atom. The highest BCUT2D eigenvalue weighted by Gasteiger charge is 2.59. The molecular weight excluding hydrogens is 549 g/mol. The van der Waals surface area contributed by atoms with Gasteiger partial charge in [0.2, 0.25) is 5.91 Å². The van der Waals surface area contributed by atoms with E-state index in [-0.39, 0.29) is 47.2 Å². The summed E-state index contributed by atoms with van der Waals surface area (Å²) in [6, 6.07) is 11.0. The van der Waals surface area contributed by atoms with Gasteiger partial charge in [-0.1, -0.05) is 25.5 Å². The van der Waals surface area contributed by atoms with Gasteiger partial charge < -0.3 is 29.3 Å². The van der Waals surface area contributed by atoms with Crippen LogP contribution in [0.5, 0.6) is 17.2 Å². The number of ether oxygens (including phenoxy) is 3. The average molecular weight is 598 g/mol. The Hall–Kier alpha value is -2.84. The molecule has 43 heavy (non-hydrogen) atoms. The van der Waals surface area contributed by atoms with E-state index in [4.69, 9.17) is 14.2 Å². The van der Waals surface area contributed by atoms with Crippen molar-refractivity contribution in [3.05, 3.63) is 53.1 Å². The van der Waals surface area contributed by atoms with Gasteiger partial charge >= 0.3 is 0 Å². The molecule has 0 aliphatic heterocycles. The van der Waals surface area contributed by atoms with Gasteiger partial charge in [-0.25, -0.2) is 4.39 Å². The average Bonchev–Trinajstić information content (AvgIpc) is 3.29. The number of hydrogen-bond acceptors (Lipinski definition) is 6. The number of fused-ring (bicyclic) bond motifs is 5. The molecule has 2 fully saturated rings. The van der Waals surface area contributed by atoms with Crippen LogP contribution >= 0.6 is 0 Å². The van der Waals surface area contributed by atoms with Crippen molar-refractivity contribution in [2.45, 2.75) is 76.5 Å². The minimum absolute atomic E-state index is 0.0367. The predicted octanol–water partition coefficient (Wildman–Crippen LogP) is 5.69. The third-order valence-corrected chi connectivity index (χ3v) is 10.7. The first-order valence-electron chi connectivity index (χ1n) is 15.8. The van der Waals surface area contributed by atoms with Crippen molar-refractivity contribution < 1.29 is 33.6 Å². The Labute approximate surface area is 255 Å². The van der Waals surface area contributed by atoms with Gasteiger partial charge in [-0.15, -0.1) is 0 Å². The number of alkyl halides is 1. The third kappa shape index (κ3) is 6.37. The molecule has 0 saturated heterocycles. The highest BCUT2D eigenvalue weighted by Crippen LogP contribution is 2.63. The molecule has 2 aromatic carbocycles. The zero-order valence-corrected chi connectivity index (χ0v) is 26.1. The highest BCUT2D eigenvalue weighted by molar-refractivity contribution is 5.79. The molecule has 0 aromatic heterocycles. The van der Waals surface area contributed by atoms with Crippen LogP contribution in [0.2, 0.25) is 0 Å². The molecule has 2 aromatic rings. The smallest absolute Gasteiger partial charge is 0.227 e. The number of nitrogens with zero attached hydrogens (tertiary/aromatic N) is 1. The van der Waals surface area contributed by atoms with Gasteiger partial charge in [0, 0.05) is 26.1 Å². The molecule has 3 aliphatic carbocycles. The van der Waals surface area contributed by atoms with Gasteiger partial charge in [0.15, 0.2) is 11.5 Å². The third-order valence-electron chi connectivity index (χ3n) is 10.7. The van der Waals surface area contributed by atoms with Crippen LogP contribution in [0, 0.1) is 23.2 Å². The maximum Gasteiger partial charge on any atom is 0.227 e. The molecule has 0 heterocycles. The number of phenolic OH excluding ortho intramolecular Hbond substituents is 1. The van der Waals surface area contributed by atoms with Crippen LogP contribution in [-0.4, -0.2) is 74.3 Å². The van der Waals surface area contributed by atoms with Crippen molar-refractivity contribution in [3.8, 4) is 17.2 Å². The second-order valence-electron chi connectivity index (χ2n) is 13.1. The summed E-state index contributed by atoms with van der Waals surface area (Å²) in [6.45, 7) is 3.70. The summed E-state index contributed by atoms with van der Waals surface area (Å²) < 4.78 is 32.1. The summed E-state index contributed by atoms with van der Waals surface area (Å²) in [7, 11) is 4.81. The van der Waals surface area contributed by atoms with E-state index in [1.165, 1.54) is 0 Å². The van der Waals surface area contributed by atoms with Gasteiger partial charge in [-0.05, 0) is 103 Å². The van der Waals surface area contributed by atoms with Gasteiger partial charge in [-0.2, -0.15) is 0 Å². The maximum atomic E-state index is 16.1. The molecule has 0 unspecified atom stereocenters. The number of phenols is 1. The molecular formula is C35H48FNO6. The van der Waals surface area contributed by atoms with E-state index in [0.717, 1.165) is 55.2 Å². The van der Waals surface area contributed by atoms with E-state index in [9.17, 15) is 15.0 Å². The van der Waals surface area contributed by atoms with Crippen LogP contribution in [-0.2, 0) is 22.4 Å². The lowest BCUT2D eigenvalue weighted by molar-refractivity contribution is -0.131. The zero-order valence-electron chi connectivity index (χ0n) is 26.1. The first kappa shape index (κ1) is 31.6. The van der Waals surface area contributed by atoms with Crippen LogP contribution in [0.1, 0.15) is 68.1 Å². The Balaban J connectivity index is 1.27. The molecule has 7 nitrogen and oxygen atoms in total. The summed E-state index contributed by atoms with van der Waals surface area (Å²) in [5.74, 6) is 2.01. The van der Waals surface area contributed by atoms with Crippen LogP contribution in [0.3, 0.4) is 0 Å². The molecule has 2 saturated carbocycles. The lowest BCUT2D eigenvalue weighted by atomic mass is 9.51. The number of carbonyl (C=O) groups excluding carboxylic acids is 1. The zero-order chi connectivity index (χ0) is 30.7. The molecule has 5 rings (SSSR count). The number of aliphatic hydroxyl groups excluding tert-OH is 1. The molecule has 3 aliphatic rings. The second kappa shape index (κ2) is 13.4. The summed E-state index contributed by atoms with van der Waals surface area (Å²) in [6.07, 6.45) is 4.35. The molecule has 0 bridgehead atoms. The fourth-order valence-electron chi connectivity index (χ4n) is 8.58. The summed E-state index contributed by atoms with van der Waals surface area (Å²) in [5, 5.41) is 21.1. The Kier molecular flexibility index (Phi) is 9.86. The van der Waals surface area contributed by atoms with E-state index < -0.39 is 12.3 Å². The number of amides is 1. The van der Waals surface area contributed by atoms with Crippen molar-refractivity contribution in [2.75, 3.05) is 41.0 Å². The summed E-state index contributed by atoms with van der Waals surface area (Å²) in [4.78, 5) is 15.2. The topological polar surface area (TPSA) is 88.5 Å². The molecule has 7 atom stereocenters. The number of carbonyl (C=O) groups is 1. The van der Waals surface area contributed by atoms with E-state index in [1.807, 2.05) is 35.2 Å². The number of aliphatic hydroxyl groups is 1. The first-order valence-corrected chi connectivity index (χ1v) is 15.8. The second-order valence-corrected chi connectivity index (χ2v) is 13.1. The molecule has 8 heteroatoms. The fraction of sp³-hybridized carbons (Fsp3) is 0.629. The van der Waals surface area contributed by atoms with Crippen molar-refractivity contribution >= 4 is 5.91 Å². The van der Waals surface area contributed by atoms with E-state index in [1.54, 1.807) is 27.4 Å². The monoisotopic (exact) mass is 597 g/mol. The van der Waals surface area contributed by atoms with Gasteiger partial charge in [0.1, 0.15) is 11.9 Å². The maximum absolute atomic E-state index is 16.1. The van der Waals surface area contributed by atoms with Crippen molar-refractivity contribution in [1.29, 1.82) is 0 Å². The SMILES string of the molecule is COCCN(CCCC[C@@H]1Cc2cc(O)ccc2[C@@H]2[C@@H]1[C@@H]1CC[C@H](O)[C@@]1(C)C[C@@H]2F)C(=O)Cc1ccc(OC)c(OC)c1. The number of rotatable bonds is 12. The predicted molar refractivity (Wildman–Crippen MR) is 163 cm³/mol. The number of halogens is 1. The van der Waals surface area contributed by atoms with Crippen LogP contribution in [0.4, 0.5) is 4.39 Å². The van der Waals surface area contributed by atoms with Crippen LogP contribution in [0.15, 0.2) is 36.4 Å². The van der Waals surface area contributed by atoms with Crippen molar-refractivity contribution in [3.63, 3.8) is 0 Å². The molecule has 0 radical (unpaired) electrons. The largest absolute Gasteiger partial charge is 0.508 e. The number of methoxy groups -OCH3 is 3. The van der Waals surface area contributed by atoms with E-state index >= 15 is 4.39 Å². The first-order chi connectivity index (χ1) is 20.7. The molecule has 0 spiro atoms. The number of unbranched alkanes of at least 4 members (excludes halogenated alkanes) is 1. The minimum atomic E-state index is -1.01. The Morgan fingerprint density at radius 3 is 2.58 bits per heavy atom. The lowest BCUT2D eigenvalue weighted by Crippen LogP contribution is -2.51. The summed E-state index contributed by atoms with van der Waals surface area (Å²) >= 11 is 0. The number of aromatic hydroxyl groups is 1. The lowest BCUT2D eigenvalue weighted by Gasteiger charge is -2.54. The van der Waals surface area contributed by atoms with Gasteiger partial charge in [-0.3, -0.25) is 4.79 Å². The normalized spacial score (nSPS) is 29.3. The Morgan fingerprint density at radius 1 is 1.05 bits per heavy atom. The molecule has 236 valence electrons. The van der Waals surface area contributed by atoms with E-state index in [2.05, 4.69) is 6.92 Å². The van der Waals surface area contributed by atoms with Gasteiger partial charge in [0.05, 0.1) is 33.4 Å².